The van der Waals surface area contributed by atoms with Crippen LogP contribution in [0.3, 0.4) is 0 Å². The Bertz CT molecular complexity index is 1300. The molecular formula is C30H30BrClN2O4. The van der Waals surface area contributed by atoms with Gasteiger partial charge in [0.1, 0.15) is 24.7 Å². The van der Waals surface area contributed by atoms with E-state index in [0.29, 0.717) is 49.4 Å². The highest BCUT2D eigenvalue weighted by Crippen LogP contribution is 2.36. The lowest BCUT2D eigenvalue weighted by Gasteiger charge is -2.23. The fourth-order valence-corrected chi connectivity index (χ4v) is 4.92. The summed E-state index contributed by atoms with van der Waals surface area (Å²) in [4.78, 5) is 6.09. The number of ether oxygens (including phenoxy) is 2. The number of rotatable bonds is 13. The van der Waals surface area contributed by atoms with Gasteiger partial charge in [0.25, 0.3) is 0 Å². The Morgan fingerprint density at radius 1 is 0.816 bits per heavy atom. The molecule has 4 rings (SSSR count). The van der Waals surface area contributed by atoms with Crippen molar-refractivity contribution in [1.29, 1.82) is 0 Å². The van der Waals surface area contributed by atoms with E-state index in [9.17, 15) is 10.2 Å². The molecule has 8 heteroatoms. The molecule has 0 saturated carbocycles. The van der Waals surface area contributed by atoms with Crippen LogP contribution in [0.4, 0.5) is 0 Å². The average Bonchev–Trinajstić information content (AvgIpc) is 2.94. The van der Waals surface area contributed by atoms with E-state index in [1.54, 1.807) is 18.5 Å². The minimum atomic E-state index is -0.0161. The third kappa shape index (κ3) is 7.56. The third-order valence-corrected chi connectivity index (χ3v) is 7.24. The van der Waals surface area contributed by atoms with Gasteiger partial charge in [-0.25, -0.2) is 0 Å². The quantitative estimate of drug-likeness (QED) is 0.194. The number of aliphatic hydroxyl groups excluding tert-OH is 2. The van der Waals surface area contributed by atoms with Crippen molar-refractivity contribution in [2.75, 3.05) is 26.3 Å². The monoisotopic (exact) mass is 596 g/mol. The molecule has 0 unspecified atom stereocenters. The summed E-state index contributed by atoms with van der Waals surface area (Å²) in [5.41, 5.74) is 4.95. The minimum absolute atomic E-state index is 0.0161. The van der Waals surface area contributed by atoms with E-state index in [2.05, 4.69) is 39.1 Å². The fraction of sp³-hybridized carbons (Fsp3) is 0.233. The molecular weight excluding hydrogens is 568 g/mol. The Morgan fingerprint density at radius 3 is 2.29 bits per heavy atom. The SMILES string of the molecule is OCCN(CCO)Cc1cc(Cl)c(OCc2cccc(-c3ccccc3)c2Br)cc1OCc1cccnc1. The number of nitrogens with zero attached hydrogens (tertiary/aromatic N) is 2. The molecule has 0 fully saturated rings. The molecule has 4 aromatic rings. The van der Waals surface area contributed by atoms with Crippen molar-refractivity contribution in [1.82, 2.24) is 9.88 Å². The molecule has 198 valence electrons. The zero-order chi connectivity index (χ0) is 26.7. The molecule has 38 heavy (non-hydrogen) atoms. The van der Waals surface area contributed by atoms with Gasteiger partial charge in [0, 0.05) is 59.3 Å². The lowest BCUT2D eigenvalue weighted by molar-refractivity contribution is 0.154. The van der Waals surface area contributed by atoms with E-state index >= 15 is 0 Å². The van der Waals surface area contributed by atoms with E-state index in [1.807, 2.05) is 53.4 Å². The van der Waals surface area contributed by atoms with Gasteiger partial charge in [-0.2, -0.15) is 0 Å². The van der Waals surface area contributed by atoms with Crippen LogP contribution in [0.25, 0.3) is 11.1 Å². The van der Waals surface area contributed by atoms with Gasteiger partial charge in [-0.3, -0.25) is 9.88 Å². The number of benzene rings is 3. The molecule has 1 aromatic heterocycles. The van der Waals surface area contributed by atoms with Crippen molar-refractivity contribution < 1.29 is 19.7 Å². The highest BCUT2D eigenvalue weighted by molar-refractivity contribution is 9.10. The van der Waals surface area contributed by atoms with Crippen molar-refractivity contribution in [2.24, 2.45) is 0 Å². The molecule has 6 nitrogen and oxygen atoms in total. The Hall–Kier alpha value is -2.94. The van der Waals surface area contributed by atoms with Crippen molar-refractivity contribution >= 4 is 27.5 Å². The van der Waals surface area contributed by atoms with Gasteiger partial charge in [0.2, 0.25) is 0 Å². The van der Waals surface area contributed by atoms with Crippen LogP contribution in [0, 0.1) is 0 Å². The third-order valence-electron chi connectivity index (χ3n) is 6.01. The number of aliphatic hydroxyl groups is 2. The summed E-state index contributed by atoms with van der Waals surface area (Å²) in [5.74, 6) is 1.12. The Kier molecular flexibility index (Phi) is 10.6. The van der Waals surface area contributed by atoms with Gasteiger partial charge >= 0.3 is 0 Å². The van der Waals surface area contributed by atoms with Crippen LogP contribution >= 0.6 is 27.5 Å². The van der Waals surface area contributed by atoms with Gasteiger partial charge in [0.05, 0.1) is 18.2 Å². The number of aromatic nitrogens is 1. The minimum Gasteiger partial charge on any atom is -0.488 e. The topological polar surface area (TPSA) is 75.1 Å². The van der Waals surface area contributed by atoms with E-state index < -0.39 is 0 Å². The second-order valence-corrected chi connectivity index (χ2v) is 9.90. The summed E-state index contributed by atoms with van der Waals surface area (Å²) in [5, 5.41) is 19.3. The summed E-state index contributed by atoms with van der Waals surface area (Å²) < 4.78 is 13.4. The van der Waals surface area contributed by atoms with Gasteiger partial charge < -0.3 is 19.7 Å². The van der Waals surface area contributed by atoms with Crippen molar-refractivity contribution in [2.45, 2.75) is 19.8 Å². The highest BCUT2D eigenvalue weighted by Gasteiger charge is 2.16. The molecule has 0 atom stereocenters. The highest BCUT2D eigenvalue weighted by atomic mass is 79.9. The molecule has 0 aliphatic heterocycles. The van der Waals surface area contributed by atoms with E-state index in [-0.39, 0.29) is 13.2 Å². The van der Waals surface area contributed by atoms with Crippen LogP contribution in [0.2, 0.25) is 5.02 Å². The van der Waals surface area contributed by atoms with Crippen molar-refractivity contribution in [3.8, 4) is 22.6 Å². The largest absolute Gasteiger partial charge is 0.488 e. The molecule has 0 amide bonds. The zero-order valence-corrected chi connectivity index (χ0v) is 23.2. The van der Waals surface area contributed by atoms with E-state index in [1.165, 1.54) is 0 Å². The van der Waals surface area contributed by atoms with Gasteiger partial charge in [-0.15, -0.1) is 0 Å². The Morgan fingerprint density at radius 2 is 1.58 bits per heavy atom. The molecule has 0 saturated heterocycles. The normalized spacial score (nSPS) is 11.1. The van der Waals surface area contributed by atoms with E-state index in [4.69, 9.17) is 21.1 Å². The maximum absolute atomic E-state index is 9.44. The molecule has 2 N–H and O–H groups in total. The predicted molar refractivity (Wildman–Crippen MR) is 153 cm³/mol. The summed E-state index contributed by atoms with van der Waals surface area (Å²) in [7, 11) is 0. The zero-order valence-electron chi connectivity index (χ0n) is 20.9. The Labute approximate surface area is 236 Å². The predicted octanol–water partition coefficient (Wildman–Crippen LogP) is 6.11. The number of pyridine rings is 1. The summed E-state index contributed by atoms with van der Waals surface area (Å²) in [6.07, 6.45) is 3.48. The molecule has 0 spiro atoms. The van der Waals surface area contributed by atoms with Crippen LogP contribution in [0.15, 0.2) is 89.7 Å². The first kappa shape index (κ1) is 28.1. The molecule has 0 radical (unpaired) electrons. The molecule has 0 bridgehead atoms. The standard InChI is InChI=1S/C30H30BrClN2O4/c31-30-24(9-4-10-26(30)23-7-2-1-3-8-23)21-38-29-17-28(37-20-22-6-5-11-33-18-22)25(16-27(29)32)19-34(12-14-35)13-15-36/h1-11,16-18,35-36H,12-15,19-21H2. The first-order chi connectivity index (χ1) is 18.6. The first-order valence-electron chi connectivity index (χ1n) is 12.3. The molecule has 0 aliphatic carbocycles. The number of hydrogen-bond acceptors (Lipinski definition) is 6. The van der Waals surface area contributed by atoms with Gasteiger partial charge in [-0.1, -0.05) is 66.2 Å². The summed E-state index contributed by atoms with van der Waals surface area (Å²) >= 11 is 10.4. The summed E-state index contributed by atoms with van der Waals surface area (Å²) in [6.45, 7) is 1.90. The summed E-state index contributed by atoms with van der Waals surface area (Å²) in [6, 6.07) is 23.7. The van der Waals surface area contributed by atoms with Crippen molar-refractivity contribution in [3.63, 3.8) is 0 Å². The lowest BCUT2D eigenvalue weighted by Crippen LogP contribution is -2.29. The van der Waals surface area contributed by atoms with Crippen LogP contribution < -0.4 is 9.47 Å². The van der Waals surface area contributed by atoms with Crippen LogP contribution in [0.1, 0.15) is 16.7 Å². The van der Waals surface area contributed by atoms with Crippen LogP contribution in [-0.2, 0) is 19.8 Å². The fourth-order valence-electron chi connectivity index (χ4n) is 4.07. The maximum Gasteiger partial charge on any atom is 0.142 e. The molecule has 0 aliphatic rings. The second kappa shape index (κ2) is 14.3. The van der Waals surface area contributed by atoms with Gasteiger partial charge in [0.15, 0.2) is 0 Å². The lowest BCUT2D eigenvalue weighted by atomic mass is 10.0. The molecule has 1 heterocycles. The first-order valence-corrected chi connectivity index (χ1v) is 13.5. The van der Waals surface area contributed by atoms with Crippen molar-refractivity contribution in [3.05, 3.63) is 111 Å². The Balaban J connectivity index is 1.58. The molecule has 3 aromatic carbocycles. The second-order valence-electron chi connectivity index (χ2n) is 8.70. The average molecular weight is 598 g/mol. The van der Waals surface area contributed by atoms with Gasteiger partial charge in [-0.05, 0) is 39.2 Å². The number of hydrogen-bond donors (Lipinski definition) is 2. The smallest absolute Gasteiger partial charge is 0.142 e. The van der Waals surface area contributed by atoms with E-state index in [0.717, 1.165) is 32.3 Å². The van der Waals surface area contributed by atoms with Crippen LogP contribution in [0.5, 0.6) is 11.5 Å². The maximum atomic E-state index is 9.44. The van der Waals surface area contributed by atoms with Crippen LogP contribution in [-0.4, -0.2) is 46.4 Å². The number of halogens is 2.